The molecule has 0 aromatic heterocycles. The summed E-state index contributed by atoms with van der Waals surface area (Å²) in [5.74, 6) is 0.140. The van der Waals surface area contributed by atoms with Gasteiger partial charge in [0.2, 0.25) is 0 Å². The lowest BCUT2D eigenvalue weighted by Gasteiger charge is -2.17. The molecule has 0 saturated carbocycles. The quantitative estimate of drug-likeness (QED) is 0.231. The summed E-state index contributed by atoms with van der Waals surface area (Å²) in [6.45, 7) is 1.99. The summed E-state index contributed by atoms with van der Waals surface area (Å²) in [7, 11) is 0. The number of hydrogen-bond acceptors (Lipinski definition) is 3. The second-order valence-corrected chi connectivity index (χ2v) is 8.13. The standard InChI is InChI=1S/C30H24O3/c1-2-23(20-10-4-3-5-11-20)30(32)33-27-19-9-15-22-13-7-17-25(29(22)27)24-16-6-12-21-14-8-18-26(31)28(21)24/h3-19,23,31H,2H2,1H3/t23-/m1/s1. The van der Waals surface area contributed by atoms with Gasteiger partial charge in [-0.05, 0) is 46.0 Å². The van der Waals surface area contributed by atoms with Gasteiger partial charge in [-0.25, -0.2) is 0 Å². The Morgan fingerprint density at radius 1 is 0.727 bits per heavy atom. The number of phenolic OH excluding ortho intramolecular Hbond substituents is 1. The number of rotatable bonds is 5. The predicted molar refractivity (Wildman–Crippen MR) is 134 cm³/mol. The van der Waals surface area contributed by atoms with Gasteiger partial charge in [-0.1, -0.05) is 97.9 Å². The molecule has 0 saturated heterocycles. The first-order valence-electron chi connectivity index (χ1n) is 11.2. The first kappa shape index (κ1) is 20.8. The molecule has 0 unspecified atom stereocenters. The minimum atomic E-state index is -0.338. The van der Waals surface area contributed by atoms with Gasteiger partial charge in [-0.2, -0.15) is 0 Å². The maximum atomic E-state index is 13.2. The molecule has 162 valence electrons. The van der Waals surface area contributed by atoms with Crippen molar-refractivity contribution in [2.45, 2.75) is 19.3 Å². The molecular formula is C30H24O3. The van der Waals surface area contributed by atoms with Gasteiger partial charge in [0.05, 0.1) is 5.92 Å². The maximum Gasteiger partial charge on any atom is 0.318 e. The Balaban J connectivity index is 1.65. The molecule has 33 heavy (non-hydrogen) atoms. The minimum Gasteiger partial charge on any atom is -0.507 e. The van der Waals surface area contributed by atoms with Crippen LogP contribution in [0, 0.1) is 0 Å². The van der Waals surface area contributed by atoms with E-state index in [9.17, 15) is 9.90 Å². The van der Waals surface area contributed by atoms with Crippen LogP contribution in [0.5, 0.6) is 11.5 Å². The van der Waals surface area contributed by atoms with E-state index in [2.05, 4.69) is 0 Å². The van der Waals surface area contributed by atoms with Gasteiger partial charge in [0.25, 0.3) is 0 Å². The monoisotopic (exact) mass is 432 g/mol. The molecule has 0 aliphatic rings. The Bertz CT molecular complexity index is 1440. The average molecular weight is 433 g/mol. The molecule has 5 aromatic rings. The Kier molecular flexibility index (Phi) is 5.54. The van der Waals surface area contributed by atoms with Crippen molar-refractivity contribution in [3.05, 3.63) is 109 Å². The number of hydrogen-bond donors (Lipinski definition) is 1. The smallest absolute Gasteiger partial charge is 0.318 e. The van der Waals surface area contributed by atoms with Gasteiger partial charge in [0.1, 0.15) is 11.5 Å². The van der Waals surface area contributed by atoms with E-state index < -0.39 is 0 Å². The van der Waals surface area contributed by atoms with E-state index in [4.69, 9.17) is 4.74 Å². The molecule has 3 heteroatoms. The van der Waals surface area contributed by atoms with Crippen molar-refractivity contribution in [2.24, 2.45) is 0 Å². The van der Waals surface area contributed by atoms with Crippen molar-refractivity contribution in [2.75, 3.05) is 0 Å². The fraction of sp³-hybridized carbons (Fsp3) is 0.100. The number of benzene rings is 5. The zero-order chi connectivity index (χ0) is 22.8. The molecule has 0 spiro atoms. The van der Waals surface area contributed by atoms with Gasteiger partial charge in [0, 0.05) is 10.8 Å². The van der Waals surface area contributed by atoms with Crippen molar-refractivity contribution < 1.29 is 14.6 Å². The normalized spacial score (nSPS) is 12.0. The molecule has 0 amide bonds. The average Bonchev–Trinajstić information content (AvgIpc) is 2.85. The Labute approximate surface area is 192 Å². The number of ether oxygens (including phenoxy) is 1. The summed E-state index contributed by atoms with van der Waals surface area (Å²) in [6.07, 6.45) is 0.650. The number of fused-ring (bicyclic) bond motifs is 2. The summed E-state index contributed by atoms with van der Waals surface area (Å²) in [4.78, 5) is 13.2. The molecule has 3 nitrogen and oxygen atoms in total. The molecule has 0 aliphatic carbocycles. The zero-order valence-corrected chi connectivity index (χ0v) is 18.4. The fourth-order valence-electron chi connectivity index (χ4n) is 4.56. The lowest BCUT2D eigenvalue weighted by Crippen LogP contribution is -2.18. The first-order valence-corrected chi connectivity index (χ1v) is 11.2. The maximum absolute atomic E-state index is 13.2. The van der Waals surface area contributed by atoms with E-state index >= 15 is 0 Å². The van der Waals surface area contributed by atoms with Gasteiger partial charge in [0.15, 0.2) is 0 Å². The first-order chi connectivity index (χ1) is 16.2. The van der Waals surface area contributed by atoms with Gasteiger partial charge < -0.3 is 9.84 Å². The van der Waals surface area contributed by atoms with Crippen LogP contribution in [-0.4, -0.2) is 11.1 Å². The Morgan fingerprint density at radius 2 is 1.30 bits per heavy atom. The highest BCUT2D eigenvalue weighted by Gasteiger charge is 2.22. The highest BCUT2D eigenvalue weighted by molar-refractivity contribution is 6.09. The van der Waals surface area contributed by atoms with Crippen LogP contribution in [0.25, 0.3) is 32.7 Å². The van der Waals surface area contributed by atoms with E-state index in [1.807, 2.05) is 104 Å². The van der Waals surface area contributed by atoms with Crippen molar-refractivity contribution >= 4 is 27.5 Å². The Hall–Kier alpha value is -4.11. The highest BCUT2D eigenvalue weighted by Crippen LogP contribution is 2.41. The van der Waals surface area contributed by atoms with Crippen molar-refractivity contribution in [3.8, 4) is 22.6 Å². The van der Waals surface area contributed by atoms with Crippen LogP contribution in [0.4, 0.5) is 0 Å². The van der Waals surface area contributed by atoms with Crippen LogP contribution in [-0.2, 0) is 4.79 Å². The van der Waals surface area contributed by atoms with Crippen LogP contribution in [0.2, 0.25) is 0 Å². The highest BCUT2D eigenvalue weighted by atomic mass is 16.5. The van der Waals surface area contributed by atoms with E-state index in [0.717, 1.165) is 38.2 Å². The third kappa shape index (κ3) is 3.83. The number of carbonyl (C=O) groups excluding carboxylic acids is 1. The summed E-state index contributed by atoms with van der Waals surface area (Å²) in [5.41, 5.74) is 2.76. The van der Waals surface area contributed by atoms with E-state index in [-0.39, 0.29) is 17.6 Å². The predicted octanol–water partition coefficient (Wildman–Crippen LogP) is 7.46. The van der Waals surface area contributed by atoms with Gasteiger partial charge in [-0.3, -0.25) is 4.79 Å². The molecule has 0 heterocycles. The topological polar surface area (TPSA) is 46.5 Å². The zero-order valence-electron chi connectivity index (χ0n) is 18.4. The molecule has 5 rings (SSSR count). The summed E-state index contributed by atoms with van der Waals surface area (Å²) in [5, 5.41) is 14.2. The van der Waals surface area contributed by atoms with Crippen LogP contribution in [0.1, 0.15) is 24.8 Å². The number of phenols is 1. The largest absolute Gasteiger partial charge is 0.507 e. The van der Waals surface area contributed by atoms with Crippen molar-refractivity contribution in [1.82, 2.24) is 0 Å². The Morgan fingerprint density at radius 3 is 1.97 bits per heavy atom. The number of esters is 1. The molecule has 0 fully saturated rings. The molecule has 0 aliphatic heterocycles. The van der Waals surface area contributed by atoms with E-state index in [1.54, 1.807) is 6.07 Å². The molecule has 0 bridgehead atoms. The van der Waals surface area contributed by atoms with Crippen LogP contribution in [0.15, 0.2) is 103 Å². The fourth-order valence-corrected chi connectivity index (χ4v) is 4.56. The third-order valence-corrected chi connectivity index (χ3v) is 6.14. The minimum absolute atomic E-state index is 0.227. The molecule has 1 atom stereocenters. The number of carbonyl (C=O) groups is 1. The van der Waals surface area contributed by atoms with E-state index in [1.165, 1.54) is 0 Å². The summed E-state index contributed by atoms with van der Waals surface area (Å²) >= 11 is 0. The lowest BCUT2D eigenvalue weighted by atomic mass is 9.93. The van der Waals surface area contributed by atoms with Gasteiger partial charge in [-0.15, -0.1) is 0 Å². The molecular weight excluding hydrogens is 408 g/mol. The third-order valence-electron chi connectivity index (χ3n) is 6.14. The van der Waals surface area contributed by atoms with Crippen LogP contribution < -0.4 is 4.74 Å². The molecule has 0 radical (unpaired) electrons. The van der Waals surface area contributed by atoms with Crippen molar-refractivity contribution in [3.63, 3.8) is 0 Å². The van der Waals surface area contributed by atoms with E-state index in [0.29, 0.717) is 12.2 Å². The summed E-state index contributed by atoms with van der Waals surface area (Å²) < 4.78 is 6.04. The SMILES string of the molecule is CC[C@@H](C(=O)Oc1cccc2cccc(-c3cccc4cccc(O)c34)c12)c1ccccc1. The van der Waals surface area contributed by atoms with Crippen LogP contribution >= 0.6 is 0 Å². The second kappa shape index (κ2) is 8.79. The number of aromatic hydroxyl groups is 1. The lowest BCUT2D eigenvalue weighted by molar-refractivity contribution is -0.136. The van der Waals surface area contributed by atoms with Crippen LogP contribution in [0.3, 0.4) is 0 Å². The summed E-state index contributed by atoms with van der Waals surface area (Å²) in [6, 6.07) is 33.0. The van der Waals surface area contributed by atoms with Gasteiger partial charge >= 0.3 is 5.97 Å². The second-order valence-electron chi connectivity index (χ2n) is 8.13. The molecule has 5 aromatic carbocycles. The van der Waals surface area contributed by atoms with Crippen molar-refractivity contribution in [1.29, 1.82) is 0 Å². The molecule has 1 N–H and O–H groups in total.